The topological polar surface area (TPSA) is 80.9 Å². The number of unbranched alkanes of at least 4 members (excludes halogenated alkanes) is 1. The molecule has 0 spiro atoms. The minimum atomic E-state index is -0.263. The summed E-state index contributed by atoms with van der Waals surface area (Å²) < 4.78 is 0. The molecular formula is C10H15ClN4O. The number of rotatable bonds is 6. The van der Waals surface area contributed by atoms with Crippen LogP contribution in [0, 0.1) is 6.92 Å². The molecule has 0 aliphatic carbocycles. The zero-order valence-electron chi connectivity index (χ0n) is 9.16. The monoisotopic (exact) mass is 242 g/mol. The van der Waals surface area contributed by atoms with Crippen LogP contribution in [-0.2, 0) is 4.79 Å². The Morgan fingerprint density at radius 3 is 2.94 bits per heavy atom. The van der Waals surface area contributed by atoms with Gasteiger partial charge in [-0.1, -0.05) is 11.6 Å². The molecule has 0 fully saturated rings. The highest BCUT2D eigenvalue weighted by molar-refractivity contribution is 6.30. The number of nitrogens with zero attached hydrogens (tertiary/aromatic N) is 2. The smallest absolute Gasteiger partial charge is 0.217 e. The van der Waals surface area contributed by atoms with Gasteiger partial charge in [0.05, 0.1) is 0 Å². The Morgan fingerprint density at radius 2 is 2.25 bits per heavy atom. The SMILES string of the molecule is Cc1c(Cl)ncnc1NCCCCC(N)=O. The number of halogens is 1. The maximum absolute atomic E-state index is 10.5. The van der Waals surface area contributed by atoms with E-state index in [9.17, 15) is 4.79 Å². The first-order valence-corrected chi connectivity index (χ1v) is 5.48. The van der Waals surface area contributed by atoms with Crippen LogP contribution in [0.5, 0.6) is 0 Å². The van der Waals surface area contributed by atoms with Crippen molar-refractivity contribution in [3.63, 3.8) is 0 Å². The van der Waals surface area contributed by atoms with Gasteiger partial charge in [-0.3, -0.25) is 4.79 Å². The van der Waals surface area contributed by atoms with E-state index < -0.39 is 0 Å². The number of nitrogens with one attached hydrogen (secondary N) is 1. The Balaban J connectivity index is 2.32. The van der Waals surface area contributed by atoms with Gasteiger partial charge in [-0.2, -0.15) is 0 Å². The lowest BCUT2D eigenvalue weighted by atomic mass is 10.2. The quantitative estimate of drug-likeness (QED) is 0.585. The highest BCUT2D eigenvalue weighted by atomic mass is 35.5. The van der Waals surface area contributed by atoms with E-state index in [1.807, 2.05) is 6.92 Å². The zero-order chi connectivity index (χ0) is 12.0. The van der Waals surface area contributed by atoms with Gasteiger partial charge >= 0.3 is 0 Å². The van der Waals surface area contributed by atoms with Gasteiger partial charge in [-0.15, -0.1) is 0 Å². The van der Waals surface area contributed by atoms with Crippen LogP contribution in [0.25, 0.3) is 0 Å². The molecule has 1 amide bonds. The highest BCUT2D eigenvalue weighted by Crippen LogP contribution is 2.17. The summed E-state index contributed by atoms with van der Waals surface area (Å²) in [6, 6.07) is 0. The number of amides is 1. The molecule has 1 aromatic rings. The summed E-state index contributed by atoms with van der Waals surface area (Å²) >= 11 is 5.84. The Morgan fingerprint density at radius 1 is 1.50 bits per heavy atom. The highest BCUT2D eigenvalue weighted by Gasteiger charge is 2.03. The number of carbonyl (C=O) groups excluding carboxylic acids is 1. The minimum absolute atomic E-state index is 0.263. The second kappa shape index (κ2) is 6.27. The maximum Gasteiger partial charge on any atom is 0.217 e. The molecule has 3 N–H and O–H groups in total. The fraction of sp³-hybridized carbons (Fsp3) is 0.500. The predicted octanol–water partition coefficient (Wildman–Crippen LogP) is 1.51. The van der Waals surface area contributed by atoms with Gasteiger partial charge < -0.3 is 11.1 Å². The van der Waals surface area contributed by atoms with Crippen molar-refractivity contribution >= 4 is 23.3 Å². The number of hydrogen-bond donors (Lipinski definition) is 2. The third-order valence-corrected chi connectivity index (χ3v) is 2.55. The van der Waals surface area contributed by atoms with Crippen molar-refractivity contribution in [2.75, 3.05) is 11.9 Å². The van der Waals surface area contributed by atoms with Crippen molar-refractivity contribution in [2.24, 2.45) is 5.73 Å². The van der Waals surface area contributed by atoms with Crippen LogP contribution in [0.2, 0.25) is 5.15 Å². The summed E-state index contributed by atoms with van der Waals surface area (Å²) in [6.45, 7) is 2.59. The largest absolute Gasteiger partial charge is 0.370 e. The lowest BCUT2D eigenvalue weighted by Gasteiger charge is -2.07. The molecule has 16 heavy (non-hydrogen) atoms. The van der Waals surface area contributed by atoms with Gasteiger partial charge in [0.25, 0.3) is 0 Å². The number of primary amides is 1. The summed E-state index contributed by atoms with van der Waals surface area (Å²) in [5.74, 6) is 0.473. The van der Waals surface area contributed by atoms with E-state index in [1.165, 1.54) is 6.33 Å². The van der Waals surface area contributed by atoms with Gasteiger partial charge in [-0.05, 0) is 19.8 Å². The van der Waals surface area contributed by atoms with Crippen LogP contribution in [0.4, 0.5) is 5.82 Å². The van der Waals surface area contributed by atoms with Gasteiger partial charge in [0.2, 0.25) is 5.91 Å². The summed E-state index contributed by atoms with van der Waals surface area (Å²) in [7, 11) is 0. The van der Waals surface area contributed by atoms with Crippen LogP contribution in [0.15, 0.2) is 6.33 Å². The molecule has 0 aromatic carbocycles. The van der Waals surface area contributed by atoms with Crippen LogP contribution in [0.3, 0.4) is 0 Å². The molecule has 0 aliphatic heterocycles. The molecule has 0 saturated heterocycles. The van der Waals surface area contributed by atoms with Crippen molar-refractivity contribution in [2.45, 2.75) is 26.2 Å². The molecular weight excluding hydrogens is 228 g/mol. The lowest BCUT2D eigenvalue weighted by Crippen LogP contribution is -2.11. The van der Waals surface area contributed by atoms with Crippen LogP contribution in [-0.4, -0.2) is 22.4 Å². The van der Waals surface area contributed by atoms with Crippen molar-refractivity contribution < 1.29 is 4.79 Å². The van der Waals surface area contributed by atoms with E-state index in [0.717, 1.165) is 30.8 Å². The molecule has 88 valence electrons. The lowest BCUT2D eigenvalue weighted by molar-refractivity contribution is -0.118. The third kappa shape index (κ3) is 4.02. The second-order valence-electron chi connectivity index (χ2n) is 3.49. The summed E-state index contributed by atoms with van der Waals surface area (Å²) in [5.41, 5.74) is 5.86. The Hall–Kier alpha value is -1.36. The third-order valence-electron chi connectivity index (χ3n) is 2.16. The molecule has 1 heterocycles. The zero-order valence-corrected chi connectivity index (χ0v) is 9.92. The fourth-order valence-electron chi connectivity index (χ4n) is 1.24. The van der Waals surface area contributed by atoms with Crippen molar-refractivity contribution in [1.29, 1.82) is 0 Å². The molecule has 0 bridgehead atoms. The van der Waals surface area contributed by atoms with Crippen molar-refractivity contribution in [1.82, 2.24) is 9.97 Å². The number of aromatic nitrogens is 2. The maximum atomic E-state index is 10.5. The fourth-order valence-corrected chi connectivity index (χ4v) is 1.37. The van der Waals surface area contributed by atoms with E-state index >= 15 is 0 Å². The molecule has 6 heteroatoms. The number of carbonyl (C=O) groups is 1. The van der Waals surface area contributed by atoms with Gasteiger partial charge in [0, 0.05) is 18.5 Å². The molecule has 0 atom stereocenters. The minimum Gasteiger partial charge on any atom is -0.370 e. The van der Waals surface area contributed by atoms with Crippen LogP contribution < -0.4 is 11.1 Å². The molecule has 5 nitrogen and oxygen atoms in total. The Bertz CT molecular complexity index is 370. The van der Waals surface area contributed by atoms with Gasteiger partial charge in [0.15, 0.2) is 0 Å². The first-order valence-electron chi connectivity index (χ1n) is 5.10. The molecule has 1 aromatic heterocycles. The van der Waals surface area contributed by atoms with E-state index in [1.54, 1.807) is 0 Å². The van der Waals surface area contributed by atoms with E-state index in [2.05, 4.69) is 15.3 Å². The summed E-state index contributed by atoms with van der Waals surface area (Å²) in [5, 5.41) is 3.59. The number of nitrogens with two attached hydrogens (primary N) is 1. The van der Waals surface area contributed by atoms with Crippen LogP contribution in [0.1, 0.15) is 24.8 Å². The van der Waals surface area contributed by atoms with Crippen LogP contribution >= 0.6 is 11.6 Å². The number of anilines is 1. The Kier molecular flexibility index (Phi) is 4.98. The molecule has 0 saturated carbocycles. The van der Waals surface area contributed by atoms with E-state index in [4.69, 9.17) is 17.3 Å². The standard InChI is InChI=1S/C10H15ClN4O/c1-7-9(11)14-6-15-10(7)13-5-3-2-4-8(12)16/h6H,2-5H2,1H3,(H2,12,16)(H,13,14,15). The number of hydrogen-bond acceptors (Lipinski definition) is 4. The first kappa shape index (κ1) is 12.7. The predicted molar refractivity (Wildman–Crippen MR) is 63.3 cm³/mol. The Labute approximate surface area is 99.4 Å². The van der Waals surface area contributed by atoms with Gasteiger partial charge in [0.1, 0.15) is 17.3 Å². The average Bonchev–Trinajstić information content (AvgIpc) is 2.23. The molecule has 0 unspecified atom stereocenters. The summed E-state index contributed by atoms with van der Waals surface area (Å²) in [6.07, 6.45) is 3.48. The van der Waals surface area contributed by atoms with E-state index in [-0.39, 0.29) is 5.91 Å². The van der Waals surface area contributed by atoms with Crippen molar-refractivity contribution in [3.05, 3.63) is 17.0 Å². The summed E-state index contributed by atoms with van der Waals surface area (Å²) in [4.78, 5) is 18.4. The second-order valence-corrected chi connectivity index (χ2v) is 3.85. The van der Waals surface area contributed by atoms with E-state index in [0.29, 0.717) is 11.6 Å². The molecule has 0 radical (unpaired) electrons. The average molecular weight is 243 g/mol. The normalized spacial score (nSPS) is 10.1. The molecule has 0 aliphatic rings. The molecule has 1 rings (SSSR count). The first-order chi connectivity index (χ1) is 7.61. The van der Waals surface area contributed by atoms with Crippen molar-refractivity contribution in [3.8, 4) is 0 Å². The van der Waals surface area contributed by atoms with Gasteiger partial charge in [-0.25, -0.2) is 9.97 Å².